The molecule has 25 heavy (non-hydrogen) atoms. The molecule has 0 saturated carbocycles. The van der Waals surface area contributed by atoms with Crippen molar-refractivity contribution in [1.29, 1.82) is 0 Å². The molecule has 0 bridgehead atoms. The number of para-hydroxylation sites is 2. The predicted octanol–water partition coefficient (Wildman–Crippen LogP) is 4.43. The molecule has 1 N–H and O–H groups in total. The van der Waals surface area contributed by atoms with Gasteiger partial charge in [-0.1, -0.05) is 50.2 Å². The van der Waals surface area contributed by atoms with E-state index in [1.165, 1.54) is 16.8 Å². The normalized spacial score (nSPS) is 13.2. The van der Waals surface area contributed by atoms with E-state index >= 15 is 0 Å². The monoisotopic (exact) mass is 331 g/mol. The summed E-state index contributed by atoms with van der Waals surface area (Å²) in [5.41, 5.74) is 4.82. The minimum atomic E-state index is 0.422. The van der Waals surface area contributed by atoms with Gasteiger partial charge in [-0.05, 0) is 35.6 Å². The lowest BCUT2D eigenvalue weighted by atomic mass is 10.0. The molecule has 0 fully saturated rings. The van der Waals surface area contributed by atoms with Crippen molar-refractivity contribution < 1.29 is 0 Å². The average molecular weight is 331 g/mol. The van der Waals surface area contributed by atoms with Crippen LogP contribution in [0.3, 0.4) is 0 Å². The van der Waals surface area contributed by atoms with E-state index in [2.05, 4.69) is 76.7 Å². The first-order valence-electron chi connectivity index (χ1n) is 8.63. The molecule has 0 radical (unpaired) electrons. The molecule has 1 aliphatic heterocycles. The van der Waals surface area contributed by atoms with E-state index in [4.69, 9.17) is 4.98 Å². The Bertz CT molecular complexity index is 891. The van der Waals surface area contributed by atoms with Crippen molar-refractivity contribution >= 4 is 23.1 Å². The smallest absolute Gasteiger partial charge is 0.249 e. The molecule has 0 aliphatic carbocycles. The topological polar surface area (TPSA) is 53.9 Å². The highest BCUT2D eigenvalue weighted by Gasteiger charge is 2.21. The number of hydrogen-bond acceptors (Lipinski definition) is 5. The minimum Gasteiger partial charge on any atom is -0.324 e. The fourth-order valence-corrected chi connectivity index (χ4v) is 3.29. The van der Waals surface area contributed by atoms with Gasteiger partial charge in [0.05, 0.1) is 6.20 Å². The molecule has 1 aliphatic rings. The fourth-order valence-electron chi connectivity index (χ4n) is 3.29. The Morgan fingerprint density at radius 1 is 1.04 bits per heavy atom. The van der Waals surface area contributed by atoms with E-state index in [1.54, 1.807) is 6.20 Å². The minimum absolute atomic E-state index is 0.422. The highest BCUT2D eigenvalue weighted by molar-refractivity contribution is 5.68. The number of nitrogens with zero attached hydrogens (tertiary/aromatic N) is 4. The summed E-state index contributed by atoms with van der Waals surface area (Å²) in [6.07, 6.45) is 2.75. The van der Waals surface area contributed by atoms with Crippen molar-refractivity contribution in [2.75, 3.05) is 16.8 Å². The summed E-state index contributed by atoms with van der Waals surface area (Å²) in [5.74, 6) is 1.77. The Morgan fingerprint density at radius 2 is 1.84 bits per heavy atom. The molecule has 0 amide bonds. The Hall–Kier alpha value is -2.95. The zero-order valence-electron chi connectivity index (χ0n) is 14.5. The molecule has 1 aromatic heterocycles. The van der Waals surface area contributed by atoms with Crippen LogP contribution in [0, 0.1) is 0 Å². The predicted molar refractivity (Wildman–Crippen MR) is 101 cm³/mol. The van der Waals surface area contributed by atoms with Crippen LogP contribution in [0.15, 0.2) is 54.7 Å². The second-order valence-corrected chi connectivity index (χ2v) is 6.54. The van der Waals surface area contributed by atoms with Crippen molar-refractivity contribution in [2.45, 2.75) is 26.2 Å². The quantitative estimate of drug-likeness (QED) is 0.766. The van der Waals surface area contributed by atoms with E-state index in [0.29, 0.717) is 11.9 Å². The molecule has 5 heteroatoms. The Balaban J connectivity index is 1.63. The van der Waals surface area contributed by atoms with Crippen LogP contribution in [0.2, 0.25) is 0 Å². The van der Waals surface area contributed by atoms with E-state index in [0.717, 1.165) is 24.5 Å². The molecule has 4 rings (SSSR count). The molecule has 0 atom stereocenters. The lowest BCUT2D eigenvalue weighted by Crippen LogP contribution is -2.16. The summed E-state index contributed by atoms with van der Waals surface area (Å²) in [5, 5.41) is 11.7. The van der Waals surface area contributed by atoms with Crippen molar-refractivity contribution in [1.82, 2.24) is 15.2 Å². The van der Waals surface area contributed by atoms with Gasteiger partial charge in [0, 0.05) is 17.9 Å². The number of nitrogens with one attached hydrogen (secondary N) is 1. The van der Waals surface area contributed by atoms with Gasteiger partial charge >= 0.3 is 0 Å². The van der Waals surface area contributed by atoms with E-state index in [1.807, 2.05) is 6.07 Å². The number of hydrogen-bond donors (Lipinski definition) is 1. The van der Waals surface area contributed by atoms with Crippen molar-refractivity contribution in [2.24, 2.45) is 0 Å². The highest BCUT2D eigenvalue weighted by Crippen LogP contribution is 2.33. The summed E-state index contributed by atoms with van der Waals surface area (Å²) < 4.78 is 0. The summed E-state index contributed by atoms with van der Waals surface area (Å²) in [6.45, 7) is 5.27. The van der Waals surface area contributed by atoms with Gasteiger partial charge in [0.25, 0.3) is 0 Å². The molecule has 126 valence electrons. The van der Waals surface area contributed by atoms with Gasteiger partial charge in [-0.25, -0.2) is 0 Å². The molecular formula is C20H21N5. The second kappa shape index (κ2) is 6.51. The molecule has 3 aromatic rings. The SMILES string of the molecule is CC(C)c1ccccc1Nc1nncc(N2CCc3ccccc32)n1. The van der Waals surface area contributed by atoms with E-state index < -0.39 is 0 Å². The lowest BCUT2D eigenvalue weighted by molar-refractivity contribution is 0.866. The third-order valence-electron chi connectivity index (χ3n) is 4.54. The molecule has 2 heterocycles. The Morgan fingerprint density at radius 3 is 2.72 bits per heavy atom. The highest BCUT2D eigenvalue weighted by atomic mass is 15.3. The van der Waals surface area contributed by atoms with Crippen LogP contribution >= 0.6 is 0 Å². The third kappa shape index (κ3) is 3.05. The maximum Gasteiger partial charge on any atom is 0.249 e. The molecule has 0 saturated heterocycles. The fraction of sp³-hybridized carbons (Fsp3) is 0.250. The second-order valence-electron chi connectivity index (χ2n) is 6.54. The first-order valence-corrected chi connectivity index (χ1v) is 8.63. The van der Waals surface area contributed by atoms with Crippen LogP contribution in [0.25, 0.3) is 0 Å². The van der Waals surface area contributed by atoms with Gasteiger partial charge < -0.3 is 10.2 Å². The lowest BCUT2D eigenvalue weighted by Gasteiger charge is -2.18. The van der Waals surface area contributed by atoms with Gasteiger partial charge in [0.1, 0.15) is 0 Å². The van der Waals surface area contributed by atoms with Gasteiger partial charge in [-0.2, -0.15) is 10.1 Å². The molecular weight excluding hydrogens is 310 g/mol. The summed E-state index contributed by atoms with van der Waals surface area (Å²) in [4.78, 5) is 6.89. The molecule has 5 nitrogen and oxygen atoms in total. The van der Waals surface area contributed by atoms with E-state index in [-0.39, 0.29) is 0 Å². The third-order valence-corrected chi connectivity index (χ3v) is 4.54. The number of aromatic nitrogens is 3. The van der Waals surface area contributed by atoms with Crippen LogP contribution in [-0.4, -0.2) is 21.7 Å². The van der Waals surface area contributed by atoms with Gasteiger partial charge in [-0.3, -0.25) is 0 Å². The largest absolute Gasteiger partial charge is 0.324 e. The first kappa shape index (κ1) is 15.6. The maximum absolute atomic E-state index is 4.69. The van der Waals surface area contributed by atoms with E-state index in [9.17, 15) is 0 Å². The van der Waals surface area contributed by atoms with Crippen LogP contribution in [0.5, 0.6) is 0 Å². The van der Waals surface area contributed by atoms with Gasteiger partial charge in [0.2, 0.25) is 5.95 Å². The average Bonchev–Trinajstić information content (AvgIpc) is 3.06. The summed E-state index contributed by atoms with van der Waals surface area (Å²) in [7, 11) is 0. The number of fused-ring (bicyclic) bond motifs is 1. The van der Waals surface area contributed by atoms with Crippen LogP contribution < -0.4 is 10.2 Å². The standard InChI is InChI=1S/C20H21N5/c1-14(2)16-8-4-5-9-17(16)22-20-23-19(13-21-24-20)25-12-11-15-7-3-6-10-18(15)25/h3-10,13-14H,11-12H2,1-2H3,(H,22,23,24). The zero-order chi connectivity index (χ0) is 17.2. The first-order chi connectivity index (χ1) is 12.2. The molecule has 0 spiro atoms. The Kier molecular flexibility index (Phi) is 4.06. The number of benzene rings is 2. The van der Waals surface area contributed by atoms with Crippen LogP contribution in [-0.2, 0) is 6.42 Å². The molecule has 0 unspecified atom stereocenters. The van der Waals surface area contributed by atoms with Crippen LogP contribution in [0.1, 0.15) is 30.9 Å². The summed E-state index contributed by atoms with van der Waals surface area (Å²) in [6, 6.07) is 16.7. The summed E-state index contributed by atoms with van der Waals surface area (Å²) >= 11 is 0. The number of rotatable bonds is 4. The zero-order valence-corrected chi connectivity index (χ0v) is 14.5. The van der Waals surface area contributed by atoms with Crippen molar-refractivity contribution in [3.63, 3.8) is 0 Å². The molecule has 2 aromatic carbocycles. The van der Waals surface area contributed by atoms with Crippen LogP contribution in [0.4, 0.5) is 23.1 Å². The van der Waals surface area contributed by atoms with Crippen molar-refractivity contribution in [3.05, 3.63) is 65.9 Å². The van der Waals surface area contributed by atoms with Gasteiger partial charge in [-0.15, -0.1) is 5.10 Å². The maximum atomic E-state index is 4.69. The van der Waals surface area contributed by atoms with Crippen molar-refractivity contribution in [3.8, 4) is 0 Å². The van der Waals surface area contributed by atoms with Gasteiger partial charge in [0.15, 0.2) is 5.82 Å². The Labute approximate surface area is 147 Å². The number of anilines is 4.